The zero-order valence-corrected chi connectivity index (χ0v) is 27.8. The van der Waals surface area contributed by atoms with E-state index >= 15 is 0 Å². The van der Waals surface area contributed by atoms with Gasteiger partial charge in [0.05, 0.1) is 28.7 Å². The van der Waals surface area contributed by atoms with Crippen molar-refractivity contribution >= 4 is 52.5 Å². The number of nitrogens with one attached hydrogen (secondary N) is 3. The number of anilines is 2. The van der Waals surface area contributed by atoms with E-state index in [0.29, 0.717) is 33.4 Å². The third kappa shape index (κ3) is 13.4. The van der Waals surface area contributed by atoms with Gasteiger partial charge in [-0.15, -0.1) is 0 Å². The fourth-order valence-corrected chi connectivity index (χ4v) is 4.64. The van der Waals surface area contributed by atoms with Crippen LogP contribution in [-0.2, 0) is 25.5 Å². The van der Waals surface area contributed by atoms with E-state index in [0.717, 1.165) is 19.4 Å². The Morgan fingerprint density at radius 2 is 1.60 bits per heavy atom. The zero-order valence-electron chi connectivity index (χ0n) is 26.3. The number of alkyl carbamates (subject to hydrolysis) is 1. The van der Waals surface area contributed by atoms with Crippen molar-refractivity contribution < 1.29 is 23.9 Å². The molecule has 0 heterocycles. The molecule has 0 aliphatic rings. The lowest BCUT2D eigenvalue weighted by atomic mass is 10.1. The van der Waals surface area contributed by atoms with E-state index in [1.165, 1.54) is 0 Å². The molecule has 2 aromatic carbocycles. The summed E-state index contributed by atoms with van der Waals surface area (Å²) >= 11 is 12.6. The van der Waals surface area contributed by atoms with Gasteiger partial charge in [0.15, 0.2) is 0 Å². The van der Waals surface area contributed by atoms with E-state index in [4.69, 9.17) is 32.7 Å². The highest BCUT2D eigenvalue weighted by molar-refractivity contribution is 6.39. The van der Waals surface area contributed by atoms with Gasteiger partial charge in [-0.05, 0) is 90.4 Å². The Kier molecular flexibility index (Phi) is 14.6. The van der Waals surface area contributed by atoms with Crippen molar-refractivity contribution in [3.8, 4) is 0 Å². The molecule has 0 saturated heterocycles. The van der Waals surface area contributed by atoms with Gasteiger partial charge < -0.3 is 30.3 Å². The molecule has 0 radical (unpaired) electrons. The predicted molar refractivity (Wildman–Crippen MR) is 173 cm³/mol. The van der Waals surface area contributed by atoms with Crippen LogP contribution in [0.15, 0.2) is 42.5 Å². The van der Waals surface area contributed by atoms with Crippen LogP contribution in [0.2, 0.25) is 10.0 Å². The third-order valence-electron chi connectivity index (χ3n) is 6.43. The Hall–Kier alpha value is -3.01. The molecular formula is C32H46Cl2N4O5. The van der Waals surface area contributed by atoms with E-state index in [1.807, 2.05) is 52.2 Å². The van der Waals surface area contributed by atoms with E-state index in [1.54, 1.807) is 39.0 Å². The highest BCUT2D eigenvalue weighted by Crippen LogP contribution is 2.33. The number of para-hydroxylation sites is 2. The van der Waals surface area contributed by atoms with Gasteiger partial charge in [-0.25, -0.2) is 4.79 Å². The molecule has 2 aromatic rings. The van der Waals surface area contributed by atoms with Crippen LogP contribution in [0.5, 0.6) is 0 Å². The van der Waals surface area contributed by atoms with Gasteiger partial charge in [-0.3, -0.25) is 9.59 Å². The molecule has 3 N–H and O–H groups in total. The summed E-state index contributed by atoms with van der Waals surface area (Å²) in [5.74, 6) is -0.875. The van der Waals surface area contributed by atoms with Gasteiger partial charge in [-0.1, -0.05) is 61.3 Å². The Morgan fingerprint density at radius 3 is 2.21 bits per heavy atom. The molecule has 2 unspecified atom stereocenters. The number of benzene rings is 2. The monoisotopic (exact) mass is 636 g/mol. The van der Waals surface area contributed by atoms with Gasteiger partial charge in [0.1, 0.15) is 17.7 Å². The Morgan fingerprint density at radius 1 is 0.953 bits per heavy atom. The number of esters is 1. The summed E-state index contributed by atoms with van der Waals surface area (Å²) in [5, 5.41) is 9.71. The summed E-state index contributed by atoms with van der Waals surface area (Å²) in [6.07, 6.45) is 0.823. The fourth-order valence-electron chi connectivity index (χ4n) is 4.15. The molecule has 0 aliphatic heterocycles. The second-order valence-electron chi connectivity index (χ2n) is 12.1. The molecule has 238 valence electrons. The van der Waals surface area contributed by atoms with Crippen molar-refractivity contribution in [1.29, 1.82) is 0 Å². The minimum atomic E-state index is -0.782. The number of halogens is 2. The highest BCUT2D eigenvalue weighted by Gasteiger charge is 2.26. The second kappa shape index (κ2) is 17.3. The second-order valence-corrected chi connectivity index (χ2v) is 12.9. The molecule has 0 aliphatic carbocycles. The number of hydrogen-bond donors (Lipinski definition) is 3. The van der Waals surface area contributed by atoms with Gasteiger partial charge in [0.2, 0.25) is 5.91 Å². The first-order chi connectivity index (χ1) is 20.2. The van der Waals surface area contributed by atoms with E-state index in [-0.39, 0.29) is 24.8 Å². The number of carbonyl (C=O) groups excluding carboxylic acids is 3. The minimum absolute atomic E-state index is 0.00287. The first-order valence-corrected chi connectivity index (χ1v) is 15.3. The van der Waals surface area contributed by atoms with Crippen LogP contribution in [0, 0.1) is 5.92 Å². The summed E-state index contributed by atoms with van der Waals surface area (Å²) in [6.45, 7) is 10.1. The lowest BCUT2D eigenvalue weighted by molar-refractivity contribution is -0.150. The van der Waals surface area contributed by atoms with Gasteiger partial charge >= 0.3 is 12.1 Å². The molecule has 9 nitrogen and oxygen atoms in total. The largest absolute Gasteiger partial charge is 0.460 e. The van der Waals surface area contributed by atoms with E-state index in [9.17, 15) is 14.4 Å². The smallest absolute Gasteiger partial charge is 0.408 e. The van der Waals surface area contributed by atoms with Crippen LogP contribution in [0.1, 0.15) is 59.4 Å². The molecule has 2 atom stereocenters. The lowest BCUT2D eigenvalue weighted by Gasteiger charge is -2.25. The molecule has 2 amide bonds. The number of unbranched alkanes of at least 4 members (excludes halogenated alkanes) is 1. The van der Waals surface area contributed by atoms with Crippen LogP contribution in [-0.4, -0.2) is 67.8 Å². The zero-order chi connectivity index (χ0) is 32.2. The number of nitrogens with zero attached hydrogens (tertiary/aromatic N) is 1. The third-order valence-corrected chi connectivity index (χ3v) is 7.06. The predicted octanol–water partition coefficient (Wildman–Crippen LogP) is 6.59. The fraction of sp³-hybridized carbons (Fsp3) is 0.531. The van der Waals surface area contributed by atoms with Crippen molar-refractivity contribution in [2.45, 2.75) is 78.0 Å². The summed E-state index contributed by atoms with van der Waals surface area (Å²) in [5.41, 5.74) is 1.23. The number of hydrogen-bond acceptors (Lipinski definition) is 7. The quantitative estimate of drug-likeness (QED) is 0.149. The molecule has 0 aromatic heterocycles. The van der Waals surface area contributed by atoms with Gasteiger partial charge in [0, 0.05) is 5.69 Å². The first-order valence-electron chi connectivity index (χ1n) is 14.6. The summed E-state index contributed by atoms with van der Waals surface area (Å²) in [4.78, 5) is 40.8. The topological polar surface area (TPSA) is 109 Å². The molecule has 0 fully saturated rings. The van der Waals surface area contributed by atoms with Crippen molar-refractivity contribution in [2.24, 2.45) is 5.92 Å². The molecule has 0 bridgehead atoms. The van der Waals surface area contributed by atoms with Crippen LogP contribution in [0.25, 0.3) is 0 Å². The van der Waals surface area contributed by atoms with Crippen molar-refractivity contribution in [1.82, 2.24) is 15.5 Å². The summed E-state index contributed by atoms with van der Waals surface area (Å²) < 4.78 is 11.2. The normalized spacial score (nSPS) is 12.9. The van der Waals surface area contributed by atoms with Gasteiger partial charge in [-0.2, -0.15) is 0 Å². The van der Waals surface area contributed by atoms with Crippen LogP contribution < -0.4 is 16.0 Å². The Balaban J connectivity index is 2.04. The summed E-state index contributed by atoms with van der Waals surface area (Å²) in [7, 11) is 3.97. The molecule has 0 saturated carbocycles. The van der Waals surface area contributed by atoms with E-state index in [2.05, 4.69) is 20.9 Å². The molecule has 11 heteroatoms. The Bertz CT molecular complexity index is 1200. The summed E-state index contributed by atoms with van der Waals surface area (Å²) in [6, 6.07) is 11.8. The van der Waals surface area contributed by atoms with Gasteiger partial charge in [0.25, 0.3) is 0 Å². The average Bonchev–Trinajstić information content (AvgIpc) is 2.89. The molecule has 43 heavy (non-hydrogen) atoms. The maximum atomic E-state index is 13.2. The maximum Gasteiger partial charge on any atom is 0.408 e. The Labute approximate surface area is 266 Å². The lowest BCUT2D eigenvalue weighted by Crippen LogP contribution is -2.50. The maximum absolute atomic E-state index is 13.2. The number of amides is 2. The van der Waals surface area contributed by atoms with E-state index < -0.39 is 29.8 Å². The molecule has 2 rings (SSSR count). The standard InChI is InChI=1S/C32H46Cl2N4O5/c1-21(2)27(20-35-30(40)26(17-10-11-18-38(6)7)37-31(41)43-32(3,4)5)42-28(39)19-22-13-8-9-16-25(22)36-29-23(33)14-12-15-24(29)34/h8-9,12-16,21,26-27,36H,10-11,17-20H2,1-7H3,(H,35,40)(H,37,41). The van der Waals surface area contributed by atoms with Crippen LogP contribution >= 0.6 is 23.2 Å². The molecular weight excluding hydrogens is 591 g/mol. The molecule has 0 spiro atoms. The number of carbonyl (C=O) groups is 3. The van der Waals surface area contributed by atoms with Crippen molar-refractivity contribution in [2.75, 3.05) is 32.5 Å². The van der Waals surface area contributed by atoms with Crippen LogP contribution in [0.3, 0.4) is 0 Å². The average molecular weight is 638 g/mol. The first kappa shape index (κ1) is 36.2. The van der Waals surface area contributed by atoms with Crippen LogP contribution in [0.4, 0.5) is 16.2 Å². The van der Waals surface area contributed by atoms with Crippen molar-refractivity contribution in [3.05, 3.63) is 58.1 Å². The SMILES string of the molecule is CC(C)C(CNC(=O)C(CCCCN(C)C)NC(=O)OC(C)(C)C)OC(=O)Cc1ccccc1Nc1c(Cl)cccc1Cl. The highest BCUT2D eigenvalue weighted by atomic mass is 35.5. The van der Waals surface area contributed by atoms with Crippen molar-refractivity contribution in [3.63, 3.8) is 0 Å². The minimum Gasteiger partial charge on any atom is -0.460 e. The number of rotatable bonds is 15. The number of ether oxygens (including phenoxy) is 2.